The largest absolute Gasteiger partial charge is 0.508 e. The summed E-state index contributed by atoms with van der Waals surface area (Å²) >= 11 is 3.05. The molecule has 0 aliphatic heterocycles. The van der Waals surface area contributed by atoms with Gasteiger partial charge in [0.15, 0.2) is 0 Å². The number of aromatic nitrogens is 2. The molecule has 226 valence electrons. The van der Waals surface area contributed by atoms with Gasteiger partial charge < -0.3 is 14.4 Å². The number of esters is 1. The molecule has 0 aliphatic carbocycles. The number of carbonyl (C=O) groups excluding carboxylic acids is 1. The highest BCUT2D eigenvalue weighted by atomic mass is 32.2. The van der Waals surface area contributed by atoms with E-state index in [0.29, 0.717) is 40.7 Å². The van der Waals surface area contributed by atoms with Crippen LogP contribution < -0.4 is 11.0 Å². The van der Waals surface area contributed by atoms with Gasteiger partial charge in [0.1, 0.15) is 13.6 Å². The van der Waals surface area contributed by atoms with E-state index in [9.17, 15) is 14.7 Å². The van der Waals surface area contributed by atoms with Gasteiger partial charge in [0.25, 0.3) is 5.56 Å². The van der Waals surface area contributed by atoms with Crippen molar-refractivity contribution in [1.29, 1.82) is 0 Å². The first-order chi connectivity index (χ1) is 21.8. The van der Waals surface area contributed by atoms with Crippen LogP contribution in [0.15, 0.2) is 94.6 Å². The van der Waals surface area contributed by atoms with E-state index in [1.54, 1.807) is 28.7 Å². The molecule has 0 bridgehead atoms. The van der Waals surface area contributed by atoms with Crippen molar-refractivity contribution in [3.8, 4) is 11.4 Å². The van der Waals surface area contributed by atoms with Gasteiger partial charge in [0, 0.05) is 52.9 Å². The van der Waals surface area contributed by atoms with Gasteiger partial charge >= 0.3 is 5.97 Å². The van der Waals surface area contributed by atoms with Gasteiger partial charge in [-0.1, -0.05) is 59.5 Å². The van der Waals surface area contributed by atoms with E-state index in [1.165, 1.54) is 11.5 Å². The Hall–Kier alpha value is -4.25. The second-order valence-corrected chi connectivity index (χ2v) is 13.0. The second-order valence-electron chi connectivity index (χ2n) is 10.9. The summed E-state index contributed by atoms with van der Waals surface area (Å²) < 4.78 is 10.1. The summed E-state index contributed by atoms with van der Waals surface area (Å²) in [4.78, 5) is 29.7. The number of aromatic hydroxyl groups is 1. The average Bonchev–Trinajstić information content (AvgIpc) is 3.52. The summed E-state index contributed by atoms with van der Waals surface area (Å²) in [6.45, 7) is 2.89. The Morgan fingerprint density at radius 2 is 1.73 bits per heavy atom. The van der Waals surface area contributed by atoms with Crippen molar-refractivity contribution in [2.45, 2.75) is 30.7 Å². The van der Waals surface area contributed by atoms with Crippen LogP contribution in [0.1, 0.15) is 34.1 Å². The van der Waals surface area contributed by atoms with Crippen LogP contribution in [0.4, 0.5) is 0 Å². The smallest absolute Gasteiger partial charge is 0.340 e. The van der Waals surface area contributed by atoms with E-state index in [2.05, 4.69) is 4.90 Å². The molecule has 0 saturated carbocycles. The first kappa shape index (κ1) is 30.8. The maximum Gasteiger partial charge on any atom is 0.340 e. The third-order valence-corrected chi connectivity index (χ3v) is 9.95. The monoisotopic (exact) mass is 633 g/mol. The molecule has 6 aromatic rings. The van der Waals surface area contributed by atoms with Crippen molar-refractivity contribution in [2.24, 2.45) is 7.05 Å². The second kappa shape index (κ2) is 13.0. The van der Waals surface area contributed by atoms with Gasteiger partial charge in [0.2, 0.25) is 0 Å². The number of aryl methyl sites for hydroxylation is 1. The molecule has 1 N–H and O–H groups in total. The van der Waals surface area contributed by atoms with Gasteiger partial charge in [-0.15, -0.1) is 11.8 Å². The number of nitrogens with zero attached hydrogens (tertiary/aromatic N) is 3. The van der Waals surface area contributed by atoms with E-state index in [1.807, 2.05) is 97.5 Å². The molecule has 0 atom stereocenters. The zero-order chi connectivity index (χ0) is 31.7. The van der Waals surface area contributed by atoms with Crippen LogP contribution in [-0.2, 0) is 30.6 Å². The molecular weight excluding hydrogens is 601 g/mol. The summed E-state index contributed by atoms with van der Waals surface area (Å²) in [5, 5.41) is 12.6. The maximum absolute atomic E-state index is 13.5. The normalized spacial score (nSPS) is 11.6. The van der Waals surface area contributed by atoms with Crippen LogP contribution in [0.2, 0.25) is 0 Å². The van der Waals surface area contributed by atoms with Crippen LogP contribution in [0.3, 0.4) is 0 Å². The molecule has 7 nitrogen and oxygen atoms in total. The zero-order valence-corrected chi connectivity index (χ0v) is 27.0. The third kappa shape index (κ3) is 6.05. The number of para-hydroxylation sites is 1. The predicted molar refractivity (Wildman–Crippen MR) is 185 cm³/mol. The summed E-state index contributed by atoms with van der Waals surface area (Å²) in [6, 6.07) is 27.2. The topological polar surface area (TPSA) is 76.7 Å². The molecule has 0 amide bonds. The molecule has 10 heteroatoms. The molecule has 4 aromatic carbocycles. The van der Waals surface area contributed by atoms with E-state index >= 15 is 0 Å². The van der Waals surface area contributed by atoms with Crippen LogP contribution >= 0.6 is 23.3 Å². The predicted octanol–water partition coefficient (Wildman–Crippen LogP) is 6.14. The number of phenols is 1. The number of rotatable bonds is 10. The van der Waals surface area contributed by atoms with Crippen molar-refractivity contribution in [1.82, 2.24) is 13.4 Å². The average molecular weight is 634 g/mol. The lowest BCUT2D eigenvalue weighted by molar-refractivity contribution is 0.0527. The highest BCUT2D eigenvalue weighted by Crippen LogP contribution is 2.36. The van der Waals surface area contributed by atoms with Crippen LogP contribution in [0.5, 0.6) is 5.75 Å². The van der Waals surface area contributed by atoms with Gasteiger partial charge in [-0.2, -0.15) is 0 Å². The van der Waals surface area contributed by atoms with Crippen molar-refractivity contribution in [3.05, 3.63) is 118 Å². The minimum absolute atomic E-state index is 0.0371. The number of phenolic OH excluding ortho intramolecular Hbond substituents is 1. The number of benzene rings is 4. The van der Waals surface area contributed by atoms with E-state index in [0.717, 1.165) is 32.1 Å². The molecule has 2 aromatic heterocycles. The zero-order valence-electron chi connectivity index (χ0n) is 25.3. The summed E-state index contributed by atoms with van der Waals surface area (Å²) in [6.07, 6.45) is 0. The number of hydrogen-bond acceptors (Lipinski definition) is 7. The van der Waals surface area contributed by atoms with Crippen LogP contribution in [0, 0.1) is 0 Å². The van der Waals surface area contributed by atoms with Crippen LogP contribution in [-0.4, -0.2) is 46.0 Å². The fraction of sp³-hybridized carbons (Fsp3) is 0.200. The fourth-order valence-corrected chi connectivity index (χ4v) is 7.74. The molecule has 6 rings (SSSR count). The van der Waals surface area contributed by atoms with Crippen molar-refractivity contribution >= 4 is 63.6 Å². The third-order valence-electron chi connectivity index (χ3n) is 7.83. The summed E-state index contributed by atoms with van der Waals surface area (Å²) in [5.41, 5.74) is 4.65. The molecule has 0 aliphatic rings. The van der Waals surface area contributed by atoms with Crippen molar-refractivity contribution in [3.63, 3.8) is 0 Å². The molecule has 0 saturated heterocycles. The molecular formula is C35H32BN3O4S2. The minimum Gasteiger partial charge on any atom is -0.508 e. The first-order valence-corrected chi connectivity index (χ1v) is 16.4. The Morgan fingerprint density at radius 1 is 1.02 bits per heavy atom. The van der Waals surface area contributed by atoms with E-state index in [-0.39, 0.29) is 23.4 Å². The number of fused-ring (bicyclic) bond motifs is 2. The molecule has 0 unspecified atom stereocenters. The molecule has 0 fully saturated rings. The first-order valence-electron chi connectivity index (χ1n) is 14.6. The van der Waals surface area contributed by atoms with Gasteiger partial charge in [0.05, 0.1) is 27.9 Å². The number of thioether (sulfide) groups is 1. The van der Waals surface area contributed by atoms with Gasteiger partial charge in [-0.05, 0) is 62.0 Å². The minimum atomic E-state index is -0.428. The lowest BCUT2D eigenvalue weighted by atomic mass is 9.89. The lowest BCUT2D eigenvalue weighted by Crippen LogP contribution is -2.20. The molecule has 0 spiro atoms. The highest BCUT2D eigenvalue weighted by Gasteiger charge is 2.27. The molecule has 2 heterocycles. The van der Waals surface area contributed by atoms with Crippen LogP contribution in [0.25, 0.3) is 26.7 Å². The lowest BCUT2D eigenvalue weighted by Gasteiger charge is -2.20. The SMILES string of the molecule is [B]c1cc2c(c(CN(C)Cc3ccc4c(=O)n(-c5ccccc5)sc4c3)c1O)c(C(=O)OCC)c(CSc1ccccc1)n2C. The Kier molecular flexibility index (Phi) is 8.89. The van der Waals surface area contributed by atoms with Gasteiger partial charge in [-0.3, -0.25) is 9.69 Å². The van der Waals surface area contributed by atoms with Gasteiger partial charge in [-0.25, -0.2) is 8.75 Å². The Bertz CT molecular complexity index is 2070. The van der Waals surface area contributed by atoms with E-state index < -0.39 is 5.97 Å². The Labute approximate surface area is 271 Å². The highest BCUT2D eigenvalue weighted by molar-refractivity contribution is 7.98. The molecule has 2 radical (unpaired) electrons. The van der Waals surface area contributed by atoms with Crippen molar-refractivity contribution < 1.29 is 14.6 Å². The fourth-order valence-electron chi connectivity index (χ4n) is 5.69. The maximum atomic E-state index is 13.5. The number of hydrogen-bond donors (Lipinski definition) is 1. The standard InChI is InChI=1S/C35H32BN3O4S2/c1-4-43-35(42)32-29(21-44-24-13-9-6-10-14-24)38(3)28-18-27(36)33(40)26(31(28)32)20-37(2)19-22-15-16-25-30(17-22)45-39(34(25)41)23-11-7-5-8-12-23/h5-18,40H,4,19-21H2,1-3H3. The molecule has 45 heavy (non-hydrogen) atoms. The van der Waals surface area contributed by atoms with E-state index in [4.69, 9.17) is 12.6 Å². The quantitative estimate of drug-likeness (QED) is 0.111. The van der Waals surface area contributed by atoms with Crippen molar-refractivity contribution in [2.75, 3.05) is 13.7 Å². The summed E-state index contributed by atoms with van der Waals surface area (Å²) in [7, 11) is 10.2. The summed E-state index contributed by atoms with van der Waals surface area (Å²) in [5.74, 6) is 0.0645. The Balaban J connectivity index is 1.35. The Morgan fingerprint density at radius 3 is 2.44 bits per heavy atom. The number of ether oxygens (including phenoxy) is 1. The number of carbonyl (C=O) groups is 1.